The summed E-state index contributed by atoms with van der Waals surface area (Å²) in [4.78, 5) is 45.2. The van der Waals surface area contributed by atoms with Crippen LogP contribution in [0.1, 0.15) is 57.7 Å². The Balaban J connectivity index is 1.49. The van der Waals surface area contributed by atoms with Crippen molar-refractivity contribution >= 4 is 17.6 Å². The van der Waals surface area contributed by atoms with E-state index in [4.69, 9.17) is 9.47 Å². The first-order chi connectivity index (χ1) is 22.4. The molecule has 11 nitrogen and oxygen atoms in total. The number of alkyl halides is 4. The maximum absolute atomic E-state index is 13.6. The number of amides is 2. The highest BCUT2D eigenvalue weighted by Gasteiger charge is 2.46. The van der Waals surface area contributed by atoms with E-state index in [1.54, 1.807) is 13.3 Å². The van der Waals surface area contributed by atoms with E-state index in [1.807, 2.05) is 13.0 Å². The summed E-state index contributed by atoms with van der Waals surface area (Å²) in [5.41, 5.74) is 0.266. The van der Waals surface area contributed by atoms with Crippen molar-refractivity contribution in [2.75, 3.05) is 38.7 Å². The van der Waals surface area contributed by atoms with Crippen molar-refractivity contribution in [2.45, 2.75) is 50.8 Å². The van der Waals surface area contributed by atoms with Gasteiger partial charge in [0, 0.05) is 44.1 Å². The summed E-state index contributed by atoms with van der Waals surface area (Å²) in [7, 11) is 1.59. The molecule has 3 aromatic rings. The molecule has 1 aliphatic heterocycles. The molecule has 1 atom stereocenters. The van der Waals surface area contributed by atoms with Crippen molar-refractivity contribution in [3.8, 4) is 23.1 Å². The van der Waals surface area contributed by atoms with E-state index < -0.39 is 49.4 Å². The Morgan fingerprint density at radius 2 is 1.89 bits per heavy atom. The Bertz CT molecular complexity index is 1760. The molecular weight excluding hydrogens is 624 g/mol. The monoisotopic (exact) mass is 656 g/mol. The van der Waals surface area contributed by atoms with Crippen LogP contribution in [-0.2, 0) is 11.3 Å². The highest BCUT2D eigenvalue weighted by atomic mass is 19.3. The van der Waals surface area contributed by atoms with Crippen LogP contribution in [0.2, 0.25) is 0 Å². The number of carbonyl (C=O) groups is 2. The van der Waals surface area contributed by atoms with E-state index in [-0.39, 0.29) is 51.7 Å². The molecule has 1 saturated heterocycles. The summed E-state index contributed by atoms with van der Waals surface area (Å²) in [5, 5.41) is 15.2. The predicted molar refractivity (Wildman–Crippen MR) is 162 cm³/mol. The second kappa shape index (κ2) is 13.9. The highest BCUT2D eigenvalue weighted by molar-refractivity contribution is 6.05. The number of nitrogens with zero attached hydrogens (tertiary/aromatic N) is 4. The number of aromatic nitrogens is 2. The zero-order valence-electron chi connectivity index (χ0n) is 25.6. The maximum Gasteiger partial charge on any atom is 0.282 e. The summed E-state index contributed by atoms with van der Waals surface area (Å²) >= 11 is 0. The lowest BCUT2D eigenvalue weighted by molar-refractivity contribution is -0.113. The molecule has 0 spiro atoms. The van der Waals surface area contributed by atoms with Crippen LogP contribution >= 0.6 is 0 Å². The normalized spacial score (nSPS) is 15.9. The van der Waals surface area contributed by atoms with Crippen LogP contribution in [0.4, 0.5) is 23.4 Å². The van der Waals surface area contributed by atoms with Crippen LogP contribution in [0.15, 0.2) is 47.4 Å². The van der Waals surface area contributed by atoms with E-state index in [0.29, 0.717) is 18.7 Å². The number of pyridine rings is 2. The molecular formula is C32H32F4N6O5. The van der Waals surface area contributed by atoms with Crippen molar-refractivity contribution in [3.63, 3.8) is 0 Å². The number of halogens is 4. The van der Waals surface area contributed by atoms with Gasteiger partial charge >= 0.3 is 0 Å². The number of hydrogen-bond acceptors (Lipinski definition) is 8. The van der Waals surface area contributed by atoms with Gasteiger partial charge in [-0.3, -0.25) is 14.4 Å². The lowest BCUT2D eigenvalue weighted by Crippen LogP contribution is -2.58. The molecule has 2 amide bonds. The number of carbonyl (C=O) groups excluding carboxylic acids is 2. The van der Waals surface area contributed by atoms with Crippen molar-refractivity contribution in [2.24, 2.45) is 0 Å². The van der Waals surface area contributed by atoms with Crippen LogP contribution in [-0.4, -0.2) is 78.1 Å². The van der Waals surface area contributed by atoms with Crippen molar-refractivity contribution in [1.29, 1.82) is 5.26 Å². The molecule has 15 heteroatoms. The molecule has 2 N–H and O–H groups in total. The quantitative estimate of drug-likeness (QED) is 0.261. The first-order valence-corrected chi connectivity index (χ1v) is 14.8. The van der Waals surface area contributed by atoms with E-state index >= 15 is 0 Å². The summed E-state index contributed by atoms with van der Waals surface area (Å²) in [5.74, 6) is -5.16. The molecule has 2 fully saturated rings. The van der Waals surface area contributed by atoms with Gasteiger partial charge in [-0.1, -0.05) is 6.07 Å². The zero-order valence-corrected chi connectivity index (χ0v) is 25.6. The number of nitrogens with one attached hydrogen (secondary N) is 2. The van der Waals surface area contributed by atoms with Gasteiger partial charge in [-0.05, 0) is 60.7 Å². The standard InChI is InChI=1S/C32H32F4N6O5/c1-18(46-2)12-38-13-20-8-25(31(45)42(14-20)22-4-5-22)29(43)40-27-9-21(10-28(39-27)47-15-26(33)34)23-6-3-19(11-37)7-24(23)30(44)41-16-32(35,36)17-41/h3,6-10,14,18,22,26,38H,4-5,12-13,15-17H2,1-2H3,(H,39,40,43)/t18-/m0/s1. The Kier molecular flexibility index (Phi) is 9.92. The van der Waals surface area contributed by atoms with Crippen LogP contribution in [0, 0.1) is 11.3 Å². The third kappa shape index (κ3) is 8.13. The van der Waals surface area contributed by atoms with Crippen molar-refractivity contribution < 1.29 is 36.6 Å². The number of anilines is 1. The molecule has 0 unspecified atom stereocenters. The van der Waals surface area contributed by atoms with Gasteiger partial charge in [0.25, 0.3) is 29.7 Å². The number of methoxy groups -OCH3 is 1. The molecule has 1 saturated carbocycles. The van der Waals surface area contributed by atoms with Gasteiger partial charge in [0.2, 0.25) is 5.88 Å². The number of rotatable bonds is 13. The maximum atomic E-state index is 13.6. The van der Waals surface area contributed by atoms with Gasteiger partial charge in [-0.15, -0.1) is 0 Å². The first-order valence-electron chi connectivity index (χ1n) is 14.8. The summed E-state index contributed by atoms with van der Waals surface area (Å²) < 4.78 is 65.2. The number of hydrogen-bond donors (Lipinski definition) is 2. The molecule has 1 aromatic carbocycles. The molecule has 248 valence electrons. The van der Waals surface area contributed by atoms with Gasteiger partial charge in [-0.2, -0.15) is 10.2 Å². The second-order valence-corrected chi connectivity index (χ2v) is 11.5. The Labute approximate surface area is 267 Å². The number of ether oxygens (including phenoxy) is 2. The SMILES string of the molecule is CO[C@@H](C)CNCc1cc(C(=O)Nc2cc(-c3ccc(C#N)cc3C(=O)N3CC(F)(F)C3)cc(OCC(F)F)n2)c(=O)n(C2CC2)c1. The van der Waals surface area contributed by atoms with Crippen molar-refractivity contribution in [3.05, 3.63) is 75.2 Å². The summed E-state index contributed by atoms with van der Waals surface area (Å²) in [6.07, 6.45) is 0.350. The Morgan fingerprint density at radius 3 is 2.53 bits per heavy atom. The molecule has 5 rings (SSSR count). The van der Waals surface area contributed by atoms with Crippen LogP contribution in [0.25, 0.3) is 11.1 Å². The van der Waals surface area contributed by atoms with E-state index in [1.165, 1.54) is 41.0 Å². The fraction of sp³-hybridized carbons (Fsp3) is 0.406. The Hall–Kier alpha value is -4.81. The van der Waals surface area contributed by atoms with Gasteiger partial charge in [0.05, 0.1) is 30.8 Å². The molecule has 3 heterocycles. The minimum absolute atomic E-state index is 0.0404. The molecule has 2 aliphatic rings. The molecule has 47 heavy (non-hydrogen) atoms. The van der Waals surface area contributed by atoms with E-state index in [9.17, 15) is 37.2 Å². The number of nitriles is 1. The average Bonchev–Trinajstić information content (AvgIpc) is 3.88. The third-order valence-corrected chi connectivity index (χ3v) is 7.67. The number of benzene rings is 1. The Morgan fingerprint density at radius 1 is 1.15 bits per heavy atom. The lowest BCUT2D eigenvalue weighted by atomic mass is 9.96. The van der Waals surface area contributed by atoms with Crippen LogP contribution < -0.4 is 20.9 Å². The molecule has 1 aliphatic carbocycles. The zero-order chi connectivity index (χ0) is 33.9. The van der Waals surface area contributed by atoms with Gasteiger partial charge < -0.3 is 29.6 Å². The fourth-order valence-corrected chi connectivity index (χ4v) is 5.05. The topological polar surface area (TPSA) is 139 Å². The number of likely N-dealkylation sites (tertiary alicyclic amines) is 1. The van der Waals surface area contributed by atoms with Gasteiger partial charge in [-0.25, -0.2) is 17.6 Å². The second-order valence-electron chi connectivity index (χ2n) is 11.5. The lowest BCUT2D eigenvalue weighted by Gasteiger charge is -2.39. The van der Waals surface area contributed by atoms with Gasteiger partial charge in [0.1, 0.15) is 11.4 Å². The first kappa shape index (κ1) is 33.6. The third-order valence-electron chi connectivity index (χ3n) is 7.67. The van der Waals surface area contributed by atoms with E-state index in [2.05, 4.69) is 15.6 Å². The molecule has 0 radical (unpaired) electrons. The van der Waals surface area contributed by atoms with E-state index in [0.717, 1.165) is 17.7 Å². The van der Waals surface area contributed by atoms with Gasteiger partial charge in [0.15, 0.2) is 6.61 Å². The highest BCUT2D eigenvalue weighted by Crippen LogP contribution is 2.35. The minimum atomic E-state index is -3.04. The fourth-order valence-electron chi connectivity index (χ4n) is 5.05. The predicted octanol–water partition coefficient (Wildman–Crippen LogP) is 4.23. The minimum Gasteiger partial charge on any atom is -0.472 e. The smallest absolute Gasteiger partial charge is 0.282 e. The van der Waals surface area contributed by atoms with Crippen molar-refractivity contribution in [1.82, 2.24) is 19.8 Å². The molecule has 2 aromatic heterocycles. The summed E-state index contributed by atoms with van der Waals surface area (Å²) in [6, 6.07) is 9.92. The summed E-state index contributed by atoms with van der Waals surface area (Å²) in [6.45, 7) is 0.117. The largest absolute Gasteiger partial charge is 0.472 e. The average molecular weight is 657 g/mol. The van der Waals surface area contributed by atoms with Crippen LogP contribution in [0.5, 0.6) is 5.88 Å². The molecule has 0 bridgehead atoms. The van der Waals surface area contributed by atoms with Crippen LogP contribution in [0.3, 0.4) is 0 Å².